The molecule has 0 saturated heterocycles. The first-order valence-corrected chi connectivity index (χ1v) is 7.33. The molecule has 0 saturated carbocycles. The van der Waals surface area contributed by atoms with Gasteiger partial charge >= 0.3 is 12.2 Å². The molecule has 25 heavy (non-hydrogen) atoms. The smallest absolute Gasteiger partial charge is 0.350 e. The van der Waals surface area contributed by atoms with Gasteiger partial charge in [0.15, 0.2) is 0 Å². The number of nitrogens with two attached hydrogens (primary N) is 1. The molecule has 0 atom stereocenters. The zero-order valence-electron chi connectivity index (χ0n) is 13.1. The fourth-order valence-electron chi connectivity index (χ4n) is 2.23. The average Bonchev–Trinajstić information content (AvgIpc) is 2.58. The van der Waals surface area contributed by atoms with Crippen LogP contribution in [0.2, 0.25) is 0 Å². The Hall–Kier alpha value is -2.87. The number of carbonyl (C=O) groups excluding carboxylic acids is 1. The molecular formula is C17H16F3N3O2. The van der Waals surface area contributed by atoms with Gasteiger partial charge in [0.25, 0.3) is 0 Å². The fraction of sp³-hybridized carbons (Fsp3) is 0.176. The highest BCUT2D eigenvalue weighted by Gasteiger charge is 2.30. The van der Waals surface area contributed by atoms with Gasteiger partial charge in [-0.05, 0) is 35.8 Å². The van der Waals surface area contributed by atoms with Crippen LogP contribution in [-0.4, -0.2) is 27.8 Å². The maximum absolute atomic E-state index is 13.0. The van der Waals surface area contributed by atoms with Crippen molar-refractivity contribution in [3.63, 3.8) is 0 Å². The van der Waals surface area contributed by atoms with Gasteiger partial charge in [0, 0.05) is 18.0 Å². The highest BCUT2D eigenvalue weighted by Crippen LogP contribution is 2.32. The van der Waals surface area contributed by atoms with E-state index in [4.69, 9.17) is 5.73 Å². The van der Waals surface area contributed by atoms with Crippen LogP contribution in [-0.2, 0) is 6.18 Å². The fourth-order valence-corrected chi connectivity index (χ4v) is 2.23. The third-order valence-corrected chi connectivity index (χ3v) is 3.42. The first-order chi connectivity index (χ1) is 11.8. The van der Waals surface area contributed by atoms with E-state index in [0.717, 1.165) is 12.1 Å². The summed E-state index contributed by atoms with van der Waals surface area (Å²) in [7, 11) is 0. The molecule has 0 fully saturated rings. The second-order valence-corrected chi connectivity index (χ2v) is 5.19. The van der Waals surface area contributed by atoms with Crippen molar-refractivity contribution in [1.29, 1.82) is 0 Å². The van der Waals surface area contributed by atoms with Crippen LogP contribution in [0, 0.1) is 0 Å². The first kappa shape index (κ1) is 18.5. The summed E-state index contributed by atoms with van der Waals surface area (Å²) >= 11 is 0. The summed E-state index contributed by atoms with van der Waals surface area (Å²) < 4.78 is 38.9. The van der Waals surface area contributed by atoms with Crippen molar-refractivity contribution in [2.45, 2.75) is 12.6 Å². The number of pyridine rings is 1. The summed E-state index contributed by atoms with van der Waals surface area (Å²) in [5.41, 5.74) is 5.64. The van der Waals surface area contributed by atoms with Crippen molar-refractivity contribution in [2.24, 2.45) is 5.73 Å². The monoisotopic (exact) mass is 351 g/mol. The number of aromatic nitrogens is 1. The lowest BCUT2D eigenvalue weighted by molar-refractivity contribution is -0.137. The van der Waals surface area contributed by atoms with Crippen LogP contribution in [0.15, 0.2) is 54.9 Å². The Bertz CT molecular complexity index is 761. The Balaban J connectivity index is 2.37. The minimum atomic E-state index is -4.45. The van der Waals surface area contributed by atoms with Gasteiger partial charge in [-0.3, -0.25) is 10.2 Å². The number of hydrogen-bond acceptors (Lipinski definition) is 3. The summed E-state index contributed by atoms with van der Waals surface area (Å²) in [6, 6.07) is 7.29. The van der Waals surface area contributed by atoms with Crippen LogP contribution in [0.4, 0.5) is 18.0 Å². The van der Waals surface area contributed by atoms with Gasteiger partial charge < -0.3 is 5.73 Å². The molecule has 2 rings (SSSR count). The van der Waals surface area contributed by atoms with Gasteiger partial charge in [-0.1, -0.05) is 24.3 Å². The lowest BCUT2D eigenvalue weighted by Crippen LogP contribution is -2.33. The number of urea groups is 1. The Morgan fingerprint density at radius 3 is 2.56 bits per heavy atom. The van der Waals surface area contributed by atoms with Gasteiger partial charge in [0.1, 0.15) is 0 Å². The number of nitrogens with zero attached hydrogens (tertiary/aromatic N) is 2. The Labute approximate surface area is 142 Å². The van der Waals surface area contributed by atoms with Gasteiger partial charge in [-0.25, -0.2) is 9.86 Å². The molecule has 2 amide bonds. The summed E-state index contributed by atoms with van der Waals surface area (Å²) in [5.74, 6) is 0. The zero-order valence-corrected chi connectivity index (χ0v) is 13.1. The van der Waals surface area contributed by atoms with Crippen LogP contribution in [0.25, 0.3) is 5.57 Å². The van der Waals surface area contributed by atoms with E-state index in [9.17, 15) is 23.2 Å². The van der Waals surface area contributed by atoms with E-state index in [2.05, 4.69) is 4.98 Å². The van der Waals surface area contributed by atoms with Crippen molar-refractivity contribution in [3.05, 3.63) is 71.6 Å². The quantitative estimate of drug-likeness (QED) is 0.637. The third-order valence-electron chi connectivity index (χ3n) is 3.42. The number of amides is 2. The summed E-state index contributed by atoms with van der Waals surface area (Å²) in [6.07, 6.45) is 0.440. The third kappa shape index (κ3) is 5.05. The Morgan fingerprint density at radius 2 is 1.96 bits per heavy atom. The van der Waals surface area contributed by atoms with Crippen LogP contribution >= 0.6 is 0 Å². The summed E-state index contributed by atoms with van der Waals surface area (Å²) in [4.78, 5) is 14.8. The molecule has 0 bridgehead atoms. The van der Waals surface area contributed by atoms with Crippen LogP contribution < -0.4 is 5.73 Å². The average molecular weight is 351 g/mol. The number of carbonyl (C=O) groups is 1. The number of alkyl halides is 3. The van der Waals surface area contributed by atoms with Crippen molar-refractivity contribution >= 4 is 11.6 Å². The van der Waals surface area contributed by atoms with Crippen LogP contribution in [0.5, 0.6) is 0 Å². The maximum Gasteiger partial charge on any atom is 0.416 e. The number of hydrogen-bond donors (Lipinski definition) is 2. The molecular weight excluding hydrogens is 335 g/mol. The Morgan fingerprint density at radius 1 is 1.24 bits per heavy atom. The van der Waals surface area contributed by atoms with Gasteiger partial charge in [-0.2, -0.15) is 13.2 Å². The predicted octanol–water partition coefficient (Wildman–Crippen LogP) is 3.69. The second-order valence-electron chi connectivity index (χ2n) is 5.19. The number of benzene rings is 1. The van der Waals surface area contributed by atoms with E-state index < -0.39 is 17.8 Å². The molecule has 3 N–H and O–H groups in total. The minimum Gasteiger partial charge on any atom is -0.350 e. The number of rotatable bonds is 5. The van der Waals surface area contributed by atoms with Gasteiger partial charge in [-0.15, -0.1) is 0 Å². The number of halogens is 3. The molecule has 8 heteroatoms. The standard InChI is InChI=1S/C17H16F3N3O2/c18-17(19,20)14-6-1-4-12(10-14)15(13-5-2-8-22-11-13)7-3-9-23(25)16(21)24/h1-2,4-8,10-11,25H,3,9H2,(H2,21,24)/b15-7+. The minimum absolute atomic E-state index is 0.0853. The zero-order chi connectivity index (χ0) is 18.4. The van der Waals surface area contributed by atoms with Crippen molar-refractivity contribution in [2.75, 3.05) is 6.54 Å². The first-order valence-electron chi connectivity index (χ1n) is 7.33. The van der Waals surface area contributed by atoms with Gasteiger partial charge in [0.05, 0.1) is 12.1 Å². The summed E-state index contributed by atoms with van der Waals surface area (Å²) in [6.45, 7) is -0.0853. The molecule has 0 aliphatic carbocycles. The molecule has 0 spiro atoms. The molecule has 132 valence electrons. The SMILES string of the molecule is NC(=O)N(O)CC/C=C(/c1cccnc1)c1cccc(C(F)(F)F)c1. The van der Waals surface area contributed by atoms with E-state index in [-0.39, 0.29) is 13.0 Å². The topological polar surface area (TPSA) is 79.5 Å². The highest BCUT2D eigenvalue weighted by molar-refractivity contribution is 5.79. The lowest BCUT2D eigenvalue weighted by atomic mass is 9.96. The maximum atomic E-state index is 13.0. The Kier molecular flexibility index (Phi) is 5.76. The molecule has 0 aliphatic heterocycles. The van der Waals surface area contributed by atoms with Crippen LogP contribution in [0.3, 0.4) is 0 Å². The number of hydroxylamine groups is 2. The lowest BCUT2D eigenvalue weighted by Gasteiger charge is -2.13. The number of primary amides is 1. The largest absolute Gasteiger partial charge is 0.416 e. The van der Waals surface area contributed by atoms with E-state index >= 15 is 0 Å². The molecule has 0 aliphatic rings. The predicted molar refractivity (Wildman–Crippen MR) is 85.5 cm³/mol. The van der Waals surface area contributed by atoms with Crippen LogP contribution in [0.1, 0.15) is 23.1 Å². The highest BCUT2D eigenvalue weighted by atomic mass is 19.4. The van der Waals surface area contributed by atoms with E-state index in [1.54, 1.807) is 30.5 Å². The van der Waals surface area contributed by atoms with Crippen molar-refractivity contribution in [1.82, 2.24) is 10.0 Å². The molecule has 1 heterocycles. The molecule has 5 nitrogen and oxygen atoms in total. The normalized spacial score (nSPS) is 12.1. The van der Waals surface area contributed by atoms with Crippen molar-refractivity contribution in [3.8, 4) is 0 Å². The molecule has 0 unspecified atom stereocenters. The molecule has 1 aromatic heterocycles. The van der Waals surface area contributed by atoms with Crippen molar-refractivity contribution < 1.29 is 23.2 Å². The summed E-state index contributed by atoms with van der Waals surface area (Å²) in [5, 5.41) is 9.64. The van der Waals surface area contributed by atoms with Gasteiger partial charge in [0.2, 0.25) is 0 Å². The molecule has 2 aromatic rings. The van der Waals surface area contributed by atoms with E-state index in [1.165, 1.54) is 12.3 Å². The van der Waals surface area contributed by atoms with E-state index in [1.807, 2.05) is 0 Å². The molecule has 0 radical (unpaired) electrons. The van der Waals surface area contributed by atoms with E-state index in [0.29, 0.717) is 21.8 Å². The molecule has 1 aromatic carbocycles. The second kappa shape index (κ2) is 7.80.